The first-order valence-electron chi connectivity index (χ1n) is 3.72. The highest BCUT2D eigenvalue weighted by Crippen LogP contribution is 2.12. The number of nitrogens with zero attached hydrogens (tertiary/aromatic N) is 1. The van der Waals surface area contributed by atoms with E-state index in [1.807, 2.05) is 18.2 Å². The fourth-order valence-corrected chi connectivity index (χ4v) is 1.03. The second-order valence-corrected chi connectivity index (χ2v) is 2.48. The highest BCUT2D eigenvalue weighted by molar-refractivity contribution is 5.86. The van der Waals surface area contributed by atoms with Gasteiger partial charge in [-0.2, -0.15) is 0 Å². The Morgan fingerprint density at radius 1 is 1.42 bits per heavy atom. The molecule has 0 aliphatic rings. The molecule has 0 radical (unpaired) electrons. The van der Waals surface area contributed by atoms with Crippen LogP contribution in [-0.4, -0.2) is 13.3 Å². The number of rotatable bonds is 2. The average molecular weight is 160 g/mol. The molecule has 0 heterocycles. The van der Waals surface area contributed by atoms with Gasteiger partial charge in [0, 0.05) is 24.5 Å². The van der Waals surface area contributed by atoms with Crippen LogP contribution >= 0.6 is 0 Å². The number of nitrogens with two attached hydrogens (primary N) is 1. The molecule has 2 N–H and O–H groups in total. The molecule has 0 bridgehead atoms. The first-order valence-corrected chi connectivity index (χ1v) is 3.72. The molecular weight excluding hydrogens is 148 g/mol. The Morgan fingerprint density at radius 2 is 2.17 bits per heavy atom. The van der Waals surface area contributed by atoms with E-state index in [-0.39, 0.29) is 0 Å². The number of hydrogen-bond acceptors (Lipinski definition) is 2. The van der Waals surface area contributed by atoms with Crippen molar-refractivity contribution in [1.82, 2.24) is 0 Å². The monoisotopic (exact) mass is 160 g/mol. The van der Waals surface area contributed by atoms with Crippen LogP contribution in [-0.2, 0) is 0 Å². The molecule has 0 fully saturated rings. The molecule has 62 valence electrons. The largest absolute Gasteiger partial charge is 0.399 e. The molecule has 0 aromatic heterocycles. The zero-order valence-corrected chi connectivity index (χ0v) is 7.12. The smallest absolute Gasteiger partial charge is 0.0320 e. The van der Waals surface area contributed by atoms with Gasteiger partial charge in [-0.05, 0) is 17.7 Å². The van der Waals surface area contributed by atoms with E-state index in [0.717, 1.165) is 16.8 Å². The van der Waals surface area contributed by atoms with E-state index >= 15 is 0 Å². The maximum atomic E-state index is 5.62. The van der Waals surface area contributed by atoms with Crippen molar-refractivity contribution in [3.05, 3.63) is 35.9 Å². The van der Waals surface area contributed by atoms with E-state index in [2.05, 4.69) is 11.6 Å². The van der Waals surface area contributed by atoms with E-state index < -0.39 is 0 Å². The molecule has 1 aromatic rings. The SMILES string of the molecule is C=Cc1ccc(N)cc1C=NC. The predicted molar refractivity (Wildman–Crippen MR) is 54.5 cm³/mol. The number of benzene rings is 1. The minimum Gasteiger partial charge on any atom is -0.399 e. The topological polar surface area (TPSA) is 38.4 Å². The summed E-state index contributed by atoms with van der Waals surface area (Å²) < 4.78 is 0. The van der Waals surface area contributed by atoms with Crippen LogP contribution < -0.4 is 5.73 Å². The quantitative estimate of drug-likeness (QED) is 0.521. The van der Waals surface area contributed by atoms with Gasteiger partial charge < -0.3 is 5.73 Å². The number of nitrogen functional groups attached to an aromatic ring is 1. The molecule has 0 saturated carbocycles. The van der Waals surface area contributed by atoms with Crippen molar-refractivity contribution in [1.29, 1.82) is 0 Å². The third-order valence-electron chi connectivity index (χ3n) is 1.60. The minimum absolute atomic E-state index is 0.746. The summed E-state index contributed by atoms with van der Waals surface area (Å²) in [5, 5.41) is 0. The van der Waals surface area contributed by atoms with Gasteiger partial charge in [0.25, 0.3) is 0 Å². The van der Waals surface area contributed by atoms with Crippen molar-refractivity contribution in [3.63, 3.8) is 0 Å². The van der Waals surface area contributed by atoms with E-state index in [0.29, 0.717) is 0 Å². The third kappa shape index (κ3) is 1.72. The summed E-state index contributed by atoms with van der Waals surface area (Å²) in [5.74, 6) is 0. The van der Waals surface area contributed by atoms with Gasteiger partial charge in [-0.1, -0.05) is 18.7 Å². The van der Waals surface area contributed by atoms with Crippen molar-refractivity contribution in [2.75, 3.05) is 12.8 Å². The number of hydrogen-bond donors (Lipinski definition) is 1. The van der Waals surface area contributed by atoms with Crippen molar-refractivity contribution >= 4 is 18.0 Å². The highest BCUT2D eigenvalue weighted by atomic mass is 14.6. The van der Waals surface area contributed by atoms with Crippen molar-refractivity contribution < 1.29 is 0 Å². The molecular formula is C10H12N2. The maximum Gasteiger partial charge on any atom is 0.0320 e. The lowest BCUT2D eigenvalue weighted by Crippen LogP contribution is -1.91. The second kappa shape index (κ2) is 3.72. The lowest BCUT2D eigenvalue weighted by Gasteiger charge is -2.00. The molecule has 0 saturated heterocycles. The fraction of sp³-hybridized carbons (Fsp3) is 0.100. The Balaban J connectivity index is 3.20. The lowest BCUT2D eigenvalue weighted by atomic mass is 10.1. The summed E-state index contributed by atoms with van der Waals surface area (Å²) in [7, 11) is 1.73. The first-order chi connectivity index (χ1) is 5.77. The van der Waals surface area contributed by atoms with Gasteiger partial charge in [0.05, 0.1) is 0 Å². The second-order valence-electron chi connectivity index (χ2n) is 2.48. The summed E-state index contributed by atoms with van der Waals surface area (Å²) >= 11 is 0. The van der Waals surface area contributed by atoms with Crippen LogP contribution in [0.15, 0.2) is 29.8 Å². The Kier molecular flexibility index (Phi) is 2.64. The third-order valence-corrected chi connectivity index (χ3v) is 1.60. The van der Waals surface area contributed by atoms with Gasteiger partial charge in [-0.25, -0.2) is 0 Å². The van der Waals surface area contributed by atoms with Gasteiger partial charge in [-0.15, -0.1) is 0 Å². The molecule has 0 atom stereocenters. The Hall–Kier alpha value is -1.57. The normalized spacial score (nSPS) is 10.4. The van der Waals surface area contributed by atoms with Crippen LogP contribution in [0.4, 0.5) is 5.69 Å². The summed E-state index contributed by atoms with van der Waals surface area (Å²) in [5.41, 5.74) is 8.42. The maximum absolute atomic E-state index is 5.62. The Bertz CT molecular complexity index is 314. The van der Waals surface area contributed by atoms with Gasteiger partial charge >= 0.3 is 0 Å². The van der Waals surface area contributed by atoms with Gasteiger partial charge in [0.1, 0.15) is 0 Å². The van der Waals surface area contributed by atoms with Crippen LogP contribution in [0, 0.1) is 0 Å². The van der Waals surface area contributed by atoms with Gasteiger partial charge in [0.2, 0.25) is 0 Å². The first kappa shape index (κ1) is 8.53. The minimum atomic E-state index is 0.746. The van der Waals surface area contributed by atoms with Crippen molar-refractivity contribution in [2.24, 2.45) is 4.99 Å². The molecule has 12 heavy (non-hydrogen) atoms. The standard InChI is InChI=1S/C10H12N2/c1-3-8-4-5-10(11)6-9(8)7-12-2/h3-7H,1,11H2,2H3. The van der Waals surface area contributed by atoms with Crippen LogP contribution in [0.2, 0.25) is 0 Å². The molecule has 0 amide bonds. The zero-order valence-electron chi connectivity index (χ0n) is 7.12. The molecule has 0 aliphatic heterocycles. The molecule has 1 aromatic carbocycles. The van der Waals surface area contributed by atoms with Crippen molar-refractivity contribution in [3.8, 4) is 0 Å². The molecule has 1 rings (SSSR count). The summed E-state index contributed by atoms with van der Waals surface area (Å²) in [4.78, 5) is 3.93. The van der Waals surface area contributed by atoms with Crippen LogP contribution in [0.25, 0.3) is 6.08 Å². The van der Waals surface area contributed by atoms with E-state index in [9.17, 15) is 0 Å². The van der Waals surface area contributed by atoms with Gasteiger partial charge in [0.15, 0.2) is 0 Å². The number of aliphatic imine (C=N–C) groups is 1. The van der Waals surface area contributed by atoms with E-state index in [1.54, 1.807) is 19.3 Å². The Morgan fingerprint density at radius 3 is 2.75 bits per heavy atom. The summed E-state index contributed by atoms with van der Waals surface area (Å²) in [6, 6.07) is 5.66. The summed E-state index contributed by atoms with van der Waals surface area (Å²) in [6.07, 6.45) is 3.56. The van der Waals surface area contributed by atoms with E-state index in [1.165, 1.54) is 0 Å². The van der Waals surface area contributed by atoms with Gasteiger partial charge in [-0.3, -0.25) is 4.99 Å². The molecule has 0 unspecified atom stereocenters. The highest BCUT2D eigenvalue weighted by Gasteiger charge is 1.95. The molecule has 0 spiro atoms. The molecule has 2 nitrogen and oxygen atoms in total. The van der Waals surface area contributed by atoms with Crippen molar-refractivity contribution in [2.45, 2.75) is 0 Å². The van der Waals surface area contributed by atoms with Crippen LogP contribution in [0.3, 0.4) is 0 Å². The Labute approximate surface area is 72.4 Å². The average Bonchev–Trinajstić information content (AvgIpc) is 2.05. The number of anilines is 1. The molecule has 2 heteroatoms. The van der Waals surface area contributed by atoms with E-state index in [4.69, 9.17) is 5.73 Å². The van der Waals surface area contributed by atoms with Crippen LogP contribution in [0.5, 0.6) is 0 Å². The lowest BCUT2D eigenvalue weighted by molar-refractivity contribution is 1.46. The zero-order chi connectivity index (χ0) is 8.97. The fourth-order valence-electron chi connectivity index (χ4n) is 1.03. The predicted octanol–water partition coefficient (Wildman–Crippen LogP) is 1.96. The molecule has 0 aliphatic carbocycles. The van der Waals surface area contributed by atoms with Crippen LogP contribution in [0.1, 0.15) is 11.1 Å². The summed E-state index contributed by atoms with van der Waals surface area (Å²) in [6.45, 7) is 3.70.